The van der Waals surface area contributed by atoms with Crippen molar-refractivity contribution in [1.29, 1.82) is 0 Å². The fraction of sp³-hybridized carbons (Fsp3) is 0.548. The molecule has 1 unspecified atom stereocenters. The molecule has 1 saturated carbocycles. The van der Waals surface area contributed by atoms with Crippen LogP contribution in [0.1, 0.15) is 77.2 Å². The summed E-state index contributed by atoms with van der Waals surface area (Å²) in [6, 6.07) is 7.76. The lowest BCUT2D eigenvalue weighted by Gasteiger charge is -2.36. The van der Waals surface area contributed by atoms with Gasteiger partial charge in [0.1, 0.15) is 0 Å². The van der Waals surface area contributed by atoms with Gasteiger partial charge in [-0.25, -0.2) is 0 Å². The molecule has 0 saturated heterocycles. The second-order valence-electron chi connectivity index (χ2n) is 11.2. The van der Waals surface area contributed by atoms with Crippen molar-refractivity contribution in [3.8, 4) is 0 Å². The Hall–Kier alpha value is -3.22. The Labute approximate surface area is 227 Å². The summed E-state index contributed by atoms with van der Waals surface area (Å²) in [6.45, 7) is 11.4. The summed E-state index contributed by atoms with van der Waals surface area (Å²) in [7, 11) is 1.70. The standard InChI is InChI=1S/C31H43N3O4/c1-6-18-31(19-7-2,30(37)38)24(20-21(3)4)28(35)33-27-29(36)34(5)25-17-13-12-16-23(25)26(32-27)22-14-10-8-9-11-15-22/h6-7,12-13,16-17,21-22,24,27H,1-2,8-11,14-15,18-20H2,3-5H3,(H,33,35)(H,37,38)/t24-,27?/m0/s1. The van der Waals surface area contributed by atoms with Crippen molar-refractivity contribution in [2.45, 2.75) is 77.8 Å². The highest BCUT2D eigenvalue weighted by atomic mass is 16.4. The molecule has 2 N–H and O–H groups in total. The highest BCUT2D eigenvalue weighted by molar-refractivity contribution is 6.14. The number of carboxylic acid groups (broad SMARTS) is 1. The van der Waals surface area contributed by atoms with Gasteiger partial charge in [-0.1, -0.05) is 69.9 Å². The van der Waals surface area contributed by atoms with Gasteiger partial charge in [-0.2, -0.15) is 0 Å². The van der Waals surface area contributed by atoms with Gasteiger partial charge < -0.3 is 15.3 Å². The Morgan fingerprint density at radius 3 is 2.29 bits per heavy atom. The van der Waals surface area contributed by atoms with Crippen LogP contribution in [-0.4, -0.2) is 41.8 Å². The molecule has 0 bridgehead atoms. The van der Waals surface area contributed by atoms with Crippen LogP contribution in [0.5, 0.6) is 0 Å². The van der Waals surface area contributed by atoms with Crippen molar-refractivity contribution in [2.75, 3.05) is 11.9 Å². The molecular formula is C31H43N3O4. The van der Waals surface area contributed by atoms with Crippen LogP contribution in [0.4, 0.5) is 5.69 Å². The first kappa shape index (κ1) is 29.3. The largest absolute Gasteiger partial charge is 0.481 e. The van der Waals surface area contributed by atoms with E-state index < -0.39 is 29.4 Å². The number of benzodiazepines with no additional fused rings is 1. The second-order valence-corrected chi connectivity index (χ2v) is 11.2. The van der Waals surface area contributed by atoms with Crippen LogP contribution in [0.2, 0.25) is 0 Å². The maximum Gasteiger partial charge on any atom is 0.311 e. The molecule has 1 fully saturated rings. The summed E-state index contributed by atoms with van der Waals surface area (Å²) in [5, 5.41) is 13.2. The highest BCUT2D eigenvalue weighted by Crippen LogP contribution is 2.41. The Bertz CT molecular complexity index is 1060. The van der Waals surface area contributed by atoms with Crippen LogP contribution in [0, 0.1) is 23.2 Å². The lowest BCUT2D eigenvalue weighted by Crippen LogP contribution is -2.52. The Morgan fingerprint density at radius 2 is 1.74 bits per heavy atom. The summed E-state index contributed by atoms with van der Waals surface area (Å²) < 4.78 is 0. The molecule has 2 amide bonds. The van der Waals surface area contributed by atoms with E-state index in [1.807, 2.05) is 38.1 Å². The predicted octanol–water partition coefficient (Wildman–Crippen LogP) is 5.75. The maximum atomic E-state index is 13.9. The number of hydrogen-bond donors (Lipinski definition) is 2. The number of benzene rings is 1. The van der Waals surface area contributed by atoms with Gasteiger partial charge in [0, 0.05) is 18.5 Å². The van der Waals surface area contributed by atoms with Crippen LogP contribution in [-0.2, 0) is 14.4 Å². The Kier molecular flexibility index (Phi) is 10.1. The monoisotopic (exact) mass is 521 g/mol. The van der Waals surface area contributed by atoms with E-state index in [-0.39, 0.29) is 30.6 Å². The predicted molar refractivity (Wildman–Crippen MR) is 152 cm³/mol. The Balaban J connectivity index is 2.06. The number of aliphatic carboxylic acids is 1. The van der Waals surface area contributed by atoms with Crippen molar-refractivity contribution >= 4 is 29.2 Å². The number of likely N-dealkylation sites (N-methyl/N-ethyl adjacent to an activating group) is 1. The number of carbonyl (C=O) groups is 3. The van der Waals surface area contributed by atoms with Crippen molar-refractivity contribution in [3.63, 3.8) is 0 Å². The molecule has 0 aromatic heterocycles. The van der Waals surface area contributed by atoms with Crippen LogP contribution >= 0.6 is 0 Å². The maximum absolute atomic E-state index is 13.9. The molecule has 7 nitrogen and oxygen atoms in total. The number of carboxylic acids is 1. The molecular weight excluding hydrogens is 478 g/mol. The number of rotatable bonds is 11. The average molecular weight is 522 g/mol. The number of nitrogens with one attached hydrogen (secondary N) is 1. The quantitative estimate of drug-likeness (QED) is 0.286. The molecule has 0 spiro atoms. The zero-order chi connectivity index (χ0) is 27.9. The molecule has 1 heterocycles. The van der Waals surface area contributed by atoms with Crippen molar-refractivity contribution in [1.82, 2.24) is 5.32 Å². The first-order valence-corrected chi connectivity index (χ1v) is 13.9. The first-order valence-electron chi connectivity index (χ1n) is 13.9. The van der Waals surface area contributed by atoms with Gasteiger partial charge in [-0.15, -0.1) is 13.2 Å². The number of nitrogens with zero attached hydrogens (tertiary/aromatic N) is 2. The van der Waals surface area contributed by atoms with Crippen molar-refractivity contribution < 1.29 is 19.5 Å². The Morgan fingerprint density at radius 1 is 1.13 bits per heavy atom. The minimum absolute atomic E-state index is 0.0564. The van der Waals surface area contributed by atoms with Gasteiger partial charge in [-0.05, 0) is 44.1 Å². The van der Waals surface area contributed by atoms with E-state index in [2.05, 4.69) is 18.5 Å². The van der Waals surface area contributed by atoms with Gasteiger partial charge >= 0.3 is 5.97 Å². The van der Waals surface area contributed by atoms with E-state index in [9.17, 15) is 19.5 Å². The summed E-state index contributed by atoms with van der Waals surface area (Å²) in [5.41, 5.74) is 1.14. The van der Waals surface area contributed by atoms with Gasteiger partial charge in [0.2, 0.25) is 12.1 Å². The van der Waals surface area contributed by atoms with Gasteiger partial charge in [0.05, 0.1) is 22.7 Å². The zero-order valence-corrected chi connectivity index (χ0v) is 23.1. The van der Waals surface area contributed by atoms with E-state index in [1.165, 1.54) is 12.8 Å². The SMILES string of the molecule is C=CCC(CC=C)(C(=O)O)[C@@H](CC(C)C)C(=O)NC1N=C(C2CCCCCC2)c2ccccc2N(C)C1=O. The van der Waals surface area contributed by atoms with Gasteiger partial charge in [0.15, 0.2) is 0 Å². The third-order valence-corrected chi connectivity index (χ3v) is 8.03. The molecule has 206 valence electrons. The number of hydrogen-bond acceptors (Lipinski definition) is 4. The average Bonchev–Trinajstić information content (AvgIpc) is 3.22. The number of allylic oxidation sites excluding steroid dienone is 2. The van der Waals surface area contributed by atoms with Crippen LogP contribution in [0.3, 0.4) is 0 Å². The van der Waals surface area contributed by atoms with E-state index in [4.69, 9.17) is 4.99 Å². The number of fused-ring (bicyclic) bond motifs is 1. The van der Waals surface area contributed by atoms with E-state index >= 15 is 0 Å². The fourth-order valence-electron chi connectivity index (χ4n) is 6.02. The van der Waals surface area contributed by atoms with Crippen molar-refractivity contribution in [3.05, 3.63) is 55.1 Å². The lowest BCUT2D eigenvalue weighted by molar-refractivity contribution is -0.157. The van der Waals surface area contributed by atoms with Crippen molar-refractivity contribution in [2.24, 2.45) is 28.2 Å². The van der Waals surface area contributed by atoms with Gasteiger partial charge in [-0.3, -0.25) is 19.4 Å². The van der Waals surface area contributed by atoms with Crippen LogP contribution < -0.4 is 10.2 Å². The van der Waals surface area contributed by atoms with E-state index in [0.29, 0.717) is 6.42 Å². The minimum Gasteiger partial charge on any atom is -0.481 e. The number of anilines is 1. The zero-order valence-electron chi connectivity index (χ0n) is 23.1. The summed E-state index contributed by atoms with van der Waals surface area (Å²) in [4.78, 5) is 46.8. The number of amides is 2. The third-order valence-electron chi connectivity index (χ3n) is 8.03. The first-order chi connectivity index (χ1) is 18.2. The second kappa shape index (κ2) is 13.0. The fourth-order valence-corrected chi connectivity index (χ4v) is 6.02. The molecule has 1 aliphatic heterocycles. The molecule has 1 aromatic rings. The minimum atomic E-state index is -1.41. The third kappa shape index (κ3) is 6.25. The number of carbonyl (C=O) groups excluding carboxylic acids is 2. The van der Waals surface area contributed by atoms with Gasteiger partial charge in [0.25, 0.3) is 5.91 Å². The molecule has 3 rings (SSSR count). The smallest absolute Gasteiger partial charge is 0.311 e. The normalized spacial score (nSPS) is 19.6. The molecule has 1 aromatic carbocycles. The van der Waals surface area contributed by atoms with Crippen LogP contribution in [0.15, 0.2) is 54.6 Å². The number of aliphatic imine (C=N–C) groups is 1. The van der Waals surface area contributed by atoms with E-state index in [0.717, 1.165) is 42.6 Å². The summed E-state index contributed by atoms with van der Waals surface area (Å²) in [5.74, 6) is -2.53. The molecule has 2 atom stereocenters. The number of para-hydroxylation sites is 1. The topological polar surface area (TPSA) is 99.1 Å². The van der Waals surface area contributed by atoms with Crippen LogP contribution in [0.25, 0.3) is 0 Å². The molecule has 0 radical (unpaired) electrons. The summed E-state index contributed by atoms with van der Waals surface area (Å²) >= 11 is 0. The summed E-state index contributed by atoms with van der Waals surface area (Å²) in [6.07, 6.45) is 9.08. The highest BCUT2D eigenvalue weighted by Gasteiger charge is 2.48. The van der Waals surface area contributed by atoms with E-state index in [1.54, 1.807) is 24.1 Å². The lowest BCUT2D eigenvalue weighted by atomic mass is 9.67. The molecule has 2 aliphatic rings. The molecule has 7 heteroatoms. The molecule has 38 heavy (non-hydrogen) atoms. The molecule has 1 aliphatic carbocycles.